The zero-order valence-electron chi connectivity index (χ0n) is 21.8. The molecule has 37 heavy (non-hydrogen) atoms. The molecule has 2 heterocycles. The molecule has 0 atom stereocenters. The van der Waals surface area contributed by atoms with E-state index >= 15 is 0 Å². The molecule has 1 aromatic heterocycles. The quantitative estimate of drug-likeness (QED) is 0.299. The average molecular weight is 497 g/mol. The summed E-state index contributed by atoms with van der Waals surface area (Å²) in [6.45, 7) is 6.88. The van der Waals surface area contributed by atoms with E-state index < -0.39 is 0 Å². The highest BCUT2D eigenvalue weighted by Crippen LogP contribution is 2.40. The van der Waals surface area contributed by atoms with Crippen LogP contribution in [0.3, 0.4) is 0 Å². The number of benzene rings is 3. The number of carbonyl (C=O) groups is 1. The molecule has 1 amide bonds. The van der Waals surface area contributed by atoms with Crippen LogP contribution in [0.15, 0.2) is 77.4 Å². The van der Waals surface area contributed by atoms with E-state index in [2.05, 4.69) is 35.2 Å². The summed E-state index contributed by atoms with van der Waals surface area (Å²) in [5.41, 5.74) is 6.74. The lowest BCUT2D eigenvalue weighted by Crippen LogP contribution is -2.48. The number of nitrogens with zero attached hydrogens (tertiary/aromatic N) is 2. The Balaban J connectivity index is 1.38. The number of methoxy groups -OCH3 is 2. The molecule has 0 spiro atoms. The molecule has 6 heteroatoms. The minimum atomic E-state index is 0.0159. The number of ether oxygens (including phenoxy) is 2. The molecule has 190 valence electrons. The first-order valence-electron chi connectivity index (χ1n) is 12.5. The smallest absolute Gasteiger partial charge is 0.246 e. The minimum absolute atomic E-state index is 0.0159. The van der Waals surface area contributed by atoms with Crippen molar-refractivity contribution in [3.05, 3.63) is 84.1 Å². The van der Waals surface area contributed by atoms with E-state index in [0.717, 1.165) is 69.1 Å². The molecule has 1 saturated heterocycles. The van der Waals surface area contributed by atoms with Crippen LogP contribution in [0.25, 0.3) is 27.7 Å². The van der Waals surface area contributed by atoms with E-state index in [-0.39, 0.29) is 5.91 Å². The van der Waals surface area contributed by atoms with Crippen molar-refractivity contribution in [1.29, 1.82) is 0 Å². The van der Waals surface area contributed by atoms with Gasteiger partial charge in [-0.1, -0.05) is 30.3 Å². The summed E-state index contributed by atoms with van der Waals surface area (Å²) in [6, 6.07) is 20.3. The Morgan fingerprint density at radius 1 is 0.946 bits per heavy atom. The van der Waals surface area contributed by atoms with Crippen LogP contribution in [-0.4, -0.2) is 51.2 Å². The van der Waals surface area contributed by atoms with Gasteiger partial charge in [-0.3, -0.25) is 4.79 Å². The Bertz CT molecular complexity index is 1430. The van der Waals surface area contributed by atoms with E-state index in [0.29, 0.717) is 13.1 Å². The van der Waals surface area contributed by atoms with Gasteiger partial charge < -0.3 is 23.7 Å². The summed E-state index contributed by atoms with van der Waals surface area (Å²) in [4.78, 5) is 17.5. The fourth-order valence-corrected chi connectivity index (χ4v) is 5.05. The number of fused-ring (bicyclic) bond motifs is 1. The molecule has 0 unspecified atom stereocenters. The number of amides is 1. The maximum absolute atomic E-state index is 13.3. The molecule has 0 aliphatic carbocycles. The number of hydrogen-bond donors (Lipinski definition) is 0. The first-order chi connectivity index (χ1) is 18.0. The second-order valence-corrected chi connectivity index (χ2v) is 9.31. The lowest BCUT2D eigenvalue weighted by molar-refractivity contribution is -0.126. The van der Waals surface area contributed by atoms with Crippen LogP contribution in [0.5, 0.6) is 11.5 Å². The SMILES string of the molecule is COc1ccc(N2CCN(C(=O)/C=C(\C)c3cc4c(-c5ccccc5)coc4c(C)c3OC)CC2)cc1. The van der Waals surface area contributed by atoms with E-state index in [9.17, 15) is 4.79 Å². The number of carbonyl (C=O) groups excluding carboxylic acids is 1. The molecular formula is C31H32N2O4. The molecule has 1 aliphatic heterocycles. The van der Waals surface area contributed by atoms with Gasteiger partial charge in [0.05, 0.1) is 20.5 Å². The Morgan fingerprint density at radius 3 is 2.30 bits per heavy atom. The number of hydrogen-bond acceptors (Lipinski definition) is 5. The molecule has 3 aromatic carbocycles. The van der Waals surface area contributed by atoms with Gasteiger partial charge >= 0.3 is 0 Å². The van der Waals surface area contributed by atoms with Gasteiger partial charge in [-0.05, 0) is 55.3 Å². The highest BCUT2D eigenvalue weighted by Gasteiger charge is 2.22. The molecule has 0 saturated carbocycles. The lowest BCUT2D eigenvalue weighted by Gasteiger charge is -2.35. The predicted octanol–water partition coefficient (Wildman–Crippen LogP) is 6.18. The van der Waals surface area contributed by atoms with E-state index in [1.54, 1.807) is 26.6 Å². The summed E-state index contributed by atoms with van der Waals surface area (Å²) >= 11 is 0. The third-order valence-corrected chi connectivity index (χ3v) is 7.13. The number of rotatable bonds is 6. The monoisotopic (exact) mass is 496 g/mol. The van der Waals surface area contributed by atoms with Crippen LogP contribution in [-0.2, 0) is 4.79 Å². The highest BCUT2D eigenvalue weighted by atomic mass is 16.5. The fourth-order valence-electron chi connectivity index (χ4n) is 5.05. The fraction of sp³-hybridized carbons (Fsp3) is 0.258. The van der Waals surface area contributed by atoms with Crippen molar-refractivity contribution in [1.82, 2.24) is 4.90 Å². The second kappa shape index (κ2) is 10.4. The maximum atomic E-state index is 13.3. The van der Waals surface area contributed by atoms with Gasteiger partial charge in [0, 0.05) is 60.0 Å². The summed E-state index contributed by atoms with van der Waals surface area (Å²) in [7, 11) is 3.33. The maximum Gasteiger partial charge on any atom is 0.246 e. The van der Waals surface area contributed by atoms with Crippen LogP contribution in [0.1, 0.15) is 18.1 Å². The van der Waals surface area contributed by atoms with E-state index in [4.69, 9.17) is 13.9 Å². The highest BCUT2D eigenvalue weighted by molar-refractivity contribution is 6.01. The van der Waals surface area contributed by atoms with Crippen LogP contribution >= 0.6 is 0 Å². The summed E-state index contributed by atoms with van der Waals surface area (Å²) in [5, 5.41) is 1.01. The molecule has 4 aromatic rings. The number of aryl methyl sites for hydroxylation is 1. The third kappa shape index (κ3) is 4.79. The third-order valence-electron chi connectivity index (χ3n) is 7.13. The standard InChI is InChI=1S/C31H32N2O4/c1-21(18-29(34)33-16-14-32(15-17-33)24-10-12-25(35-3)13-11-24)26-19-27-28(23-8-6-5-7-9-23)20-37-31(27)22(2)30(26)36-4/h5-13,18-20H,14-17H2,1-4H3/b21-18+. The van der Waals surface area contributed by atoms with Gasteiger partial charge in [-0.2, -0.15) is 0 Å². The molecular weight excluding hydrogens is 464 g/mol. The first kappa shape index (κ1) is 24.5. The minimum Gasteiger partial charge on any atom is -0.497 e. The molecule has 0 radical (unpaired) electrons. The van der Waals surface area contributed by atoms with Crippen molar-refractivity contribution in [3.8, 4) is 22.6 Å². The summed E-state index contributed by atoms with van der Waals surface area (Å²) in [5.74, 6) is 1.59. The van der Waals surface area contributed by atoms with Crippen molar-refractivity contribution in [3.63, 3.8) is 0 Å². The van der Waals surface area contributed by atoms with Crippen LogP contribution in [0.2, 0.25) is 0 Å². The van der Waals surface area contributed by atoms with Gasteiger partial charge in [-0.15, -0.1) is 0 Å². The number of piperazine rings is 1. The normalized spacial score (nSPS) is 14.2. The largest absolute Gasteiger partial charge is 0.497 e. The summed E-state index contributed by atoms with van der Waals surface area (Å²) < 4.78 is 17.0. The zero-order chi connectivity index (χ0) is 25.9. The number of anilines is 1. The molecule has 0 bridgehead atoms. The Kier molecular flexibility index (Phi) is 6.91. The average Bonchev–Trinajstić information content (AvgIpc) is 3.38. The Labute approximate surface area is 217 Å². The van der Waals surface area contributed by atoms with Gasteiger partial charge in [0.15, 0.2) is 0 Å². The van der Waals surface area contributed by atoms with Crippen molar-refractivity contribution in [2.24, 2.45) is 0 Å². The molecule has 0 N–H and O–H groups in total. The van der Waals surface area contributed by atoms with E-state index in [1.165, 1.54) is 0 Å². The van der Waals surface area contributed by atoms with Crippen LogP contribution in [0, 0.1) is 6.92 Å². The Hall–Kier alpha value is -4.19. The van der Waals surface area contributed by atoms with Crippen molar-refractivity contribution >= 4 is 28.1 Å². The van der Waals surface area contributed by atoms with Gasteiger partial charge in [0.25, 0.3) is 0 Å². The van der Waals surface area contributed by atoms with Crippen LogP contribution in [0.4, 0.5) is 5.69 Å². The topological polar surface area (TPSA) is 55.2 Å². The number of furan rings is 1. The first-order valence-corrected chi connectivity index (χ1v) is 12.5. The van der Waals surface area contributed by atoms with Crippen molar-refractivity contribution in [2.45, 2.75) is 13.8 Å². The zero-order valence-corrected chi connectivity index (χ0v) is 21.8. The van der Waals surface area contributed by atoms with Crippen molar-refractivity contribution in [2.75, 3.05) is 45.3 Å². The van der Waals surface area contributed by atoms with Crippen LogP contribution < -0.4 is 14.4 Å². The Morgan fingerprint density at radius 2 is 1.65 bits per heavy atom. The predicted molar refractivity (Wildman–Crippen MR) is 148 cm³/mol. The molecule has 1 aliphatic rings. The van der Waals surface area contributed by atoms with Gasteiger partial charge in [0.2, 0.25) is 5.91 Å². The van der Waals surface area contributed by atoms with Crippen molar-refractivity contribution < 1.29 is 18.7 Å². The van der Waals surface area contributed by atoms with Gasteiger partial charge in [-0.25, -0.2) is 0 Å². The van der Waals surface area contributed by atoms with E-state index in [1.807, 2.05) is 49.1 Å². The second-order valence-electron chi connectivity index (χ2n) is 9.31. The molecule has 1 fully saturated rings. The number of allylic oxidation sites excluding steroid dienone is 1. The van der Waals surface area contributed by atoms with Gasteiger partial charge in [0.1, 0.15) is 17.1 Å². The molecule has 5 rings (SSSR count). The summed E-state index contributed by atoms with van der Waals surface area (Å²) in [6.07, 6.45) is 3.52. The lowest BCUT2D eigenvalue weighted by atomic mass is 9.96. The molecule has 6 nitrogen and oxygen atoms in total.